The van der Waals surface area contributed by atoms with Crippen LogP contribution in [0.5, 0.6) is 0 Å². The second-order valence-corrected chi connectivity index (χ2v) is 7.88. The first-order valence-corrected chi connectivity index (χ1v) is 9.66. The van der Waals surface area contributed by atoms with Crippen LogP contribution in [0, 0.1) is 13.8 Å². The van der Waals surface area contributed by atoms with E-state index in [4.69, 9.17) is 9.26 Å². The third kappa shape index (κ3) is 3.10. The minimum Gasteiger partial charge on any atom is -0.368 e. The summed E-state index contributed by atoms with van der Waals surface area (Å²) in [4.78, 5) is 17.3. The highest BCUT2D eigenvalue weighted by molar-refractivity contribution is 5.81. The number of hydrogen-bond acceptors (Lipinski definition) is 5. The molecule has 4 rings (SSSR count). The van der Waals surface area contributed by atoms with Crippen molar-refractivity contribution < 1.29 is 14.1 Å². The molecule has 138 valence electrons. The molecule has 0 saturated carbocycles. The number of nitrogens with zero attached hydrogens (tertiary/aromatic N) is 3. The molecule has 4 heterocycles. The molecule has 3 aliphatic rings. The average Bonchev–Trinajstić information content (AvgIpc) is 3.34. The first-order chi connectivity index (χ1) is 12.1. The molecule has 25 heavy (non-hydrogen) atoms. The van der Waals surface area contributed by atoms with Crippen molar-refractivity contribution in [3.63, 3.8) is 0 Å². The molecule has 3 saturated heterocycles. The van der Waals surface area contributed by atoms with E-state index in [9.17, 15) is 4.79 Å². The fraction of sp³-hybridized carbons (Fsp3) is 0.789. The predicted molar refractivity (Wildman–Crippen MR) is 93.1 cm³/mol. The van der Waals surface area contributed by atoms with Crippen LogP contribution in [0.1, 0.15) is 55.5 Å². The molecule has 0 aromatic carbocycles. The van der Waals surface area contributed by atoms with Crippen LogP contribution in [-0.4, -0.2) is 58.7 Å². The molecular formula is C19H29N3O3. The highest BCUT2D eigenvalue weighted by Gasteiger charge is 2.44. The lowest BCUT2D eigenvalue weighted by atomic mass is 9.84. The van der Waals surface area contributed by atoms with Gasteiger partial charge in [-0.2, -0.15) is 0 Å². The summed E-state index contributed by atoms with van der Waals surface area (Å²) in [6.07, 6.45) is 6.32. The summed E-state index contributed by atoms with van der Waals surface area (Å²) in [6.45, 7) is 8.52. The zero-order valence-corrected chi connectivity index (χ0v) is 15.4. The second kappa shape index (κ2) is 6.72. The van der Waals surface area contributed by atoms with Crippen LogP contribution in [0.3, 0.4) is 0 Å². The smallest absolute Gasteiger partial charge is 0.251 e. The summed E-state index contributed by atoms with van der Waals surface area (Å²) in [7, 11) is 0. The molecule has 0 aliphatic carbocycles. The summed E-state index contributed by atoms with van der Waals surface area (Å²) in [5.74, 6) is 1.15. The van der Waals surface area contributed by atoms with Gasteiger partial charge in [-0.3, -0.25) is 9.69 Å². The van der Waals surface area contributed by atoms with Crippen molar-refractivity contribution in [2.24, 2.45) is 0 Å². The summed E-state index contributed by atoms with van der Waals surface area (Å²) in [5, 5.41) is 4.10. The molecule has 3 aliphatic heterocycles. The third-order valence-corrected chi connectivity index (χ3v) is 6.48. The number of carbonyl (C=O) groups excluding carboxylic acids is 1. The third-order valence-electron chi connectivity index (χ3n) is 6.48. The average molecular weight is 347 g/mol. The normalized spacial score (nSPS) is 26.6. The van der Waals surface area contributed by atoms with Gasteiger partial charge in [0.1, 0.15) is 11.9 Å². The molecule has 0 N–H and O–H groups in total. The molecule has 1 amide bonds. The molecule has 3 fully saturated rings. The van der Waals surface area contributed by atoms with Crippen LogP contribution in [-0.2, 0) is 16.1 Å². The Hall–Kier alpha value is -1.40. The number of aromatic nitrogens is 1. The van der Waals surface area contributed by atoms with Gasteiger partial charge >= 0.3 is 0 Å². The van der Waals surface area contributed by atoms with Gasteiger partial charge in [-0.15, -0.1) is 0 Å². The van der Waals surface area contributed by atoms with Gasteiger partial charge in [0.25, 0.3) is 5.91 Å². The zero-order valence-electron chi connectivity index (χ0n) is 15.4. The van der Waals surface area contributed by atoms with E-state index in [1.807, 2.05) is 18.7 Å². The zero-order chi connectivity index (χ0) is 17.4. The number of likely N-dealkylation sites (tertiary alicyclic amines) is 2. The van der Waals surface area contributed by atoms with Gasteiger partial charge in [-0.25, -0.2) is 0 Å². The van der Waals surface area contributed by atoms with Gasteiger partial charge in [0, 0.05) is 37.3 Å². The minimum atomic E-state index is -0.184. The van der Waals surface area contributed by atoms with Crippen molar-refractivity contribution in [3.05, 3.63) is 17.0 Å². The lowest BCUT2D eigenvalue weighted by Gasteiger charge is -2.45. The van der Waals surface area contributed by atoms with E-state index in [-0.39, 0.29) is 17.6 Å². The van der Waals surface area contributed by atoms with Gasteiger partial charge in [0.15, 0.2) is 0 Å². The van der Waals surface area contributed by atoms with Gasteiger partial charge in [0.2, 0.25) is 0 Å². The lowest BCUT2D eigenvalue weighted by Crippen LogP contribution is -2.54. The summed E-state index contributed by atoms with van der Waals surface area (Å²) < 4.78 is 10.9. The molecule has 1 spiro atoms. The number of piperidine rings is 1. The molecule has 0 unspecified atom stereocenters. The van der Waals surface area contributed by atoms with Gasteiger partial charge in [-0.1, -0.05) is 5.16 Å². The predicted octanol–water partition coefficient (Wildman–Crippen LogP) is 2.43. The fourth-order valence-corrected chi connectivity index (χ4v) is 4.85. The van der Waals surface area contributed by atoms with Crippen molar-refractivity contribution in [1.82, 2.24) is 15.0 Å². The Morgan fingerprint density at radius 2 is 2.00 bits per heavy atom. The minimum absolute atomic E-state index is 0.184. The Morgan fingerprint density at radius 3 is 2.64 bits per heavy atom. The highest BCUT2D eigenvalue weighted by atomic mass is 16.5. The molecule has 1 aromatic rings. The number of hydrogen-bond donors (Lipinski definition) is 0. The van der Waals surface area contributed by atoms with Crippen LogP contribution in [0.25, 0.3) is 0 Å². The molecule has 0 radical (unpaired) electrons. The topological polar surface area (TPSA) is 58.8 Å². The summed E-state index contributed by atoms with van der Waals surface area (Å²) >= 11 is 0. The summed E-state index contributed by atoms with van der Waals surface area (Å²) in [5.41, 5.74) is 2.48. The maximum absolute atomic E-state index is 12.6. The largest absolute Gasteiger partial charge is 0.368 e. The van der Waals surface area contributed by atoms with Gasteiger partial charge < -0.3 is 14.2 Å². The Bertz CT molecular complexity index is 608. The van der Waals surface area contributed by atoms with E-state index in [2.05, 4.69) is 10.1 Å². The van der Waals surface area contributed by atoms with Gasteiger partial charge in [0.05, 0.1) is 5.69 Å². The maximum atomic E-state index is 12.6. The van der Waals surface area contributed by atoms with E-state index in [0.29, 0.717) is 0 Å². The van der Waals surface area contributed by atoms with Crippen LogP contribution < -0.4 is 0 Å². The SMILES string of the molecule is Cc1noc(C)c1CN1CCCC12CCN(C(=O)[C@H]1CCCO1)CC2. The molecule has 6 nitrogen and oxygen atoms in total. The van der Waals surface area contributed by atoms with Crippen molar-refractivity contribution in [2.75, 3.05) is 26.2 Å². The number of aryl methyl sites for hydroxylation is 2. The standard InChI is InChI=1S/C19H29N3O3/c1-14-16(15(2)25-20-14)13-22-9-4-6-19(22)7-10-21(11-8-19)18(23)17-5-3-12-24-17/h17H,3-13H2,1-2H3/t17-/m1/s1. The quantitative estimate of drug-likeness (QED) is 0.840. The molecule has 1 aromatic heterocycles. The molecular weight excluding hydrogens is 318 g/mol. The molecule has 0 bridgehead atoms. The number of amides is 1. The highest BCUT2D eigenvalue weighted by Crippen LogP contribution is 2.40. The Kier molecular flexibility index (Phi) is 4.58. The lowest BCUT2D eigenvalue weighted by molar-refractivity contribution is -0.143. The first-order valence-electron chi connectivity index (χ1n) is 9.66. The van der Waals surface area contributed by atoms with Crippen molar-refractivity contribution in [3.8, 4) is 0 Å². The molecule has 6 heteroatoms. The number of rotatable bonds is 3. The van der Waals surface area contributed by atoms with Crippen LogP contribution in [0.4, 0.5) is 0 Å². The maximum Gasteiger partial charge on any atom is 0.251 e. The van der Waals surface area contributed by atoms with E-state index in [1.165, 1.54) is 18.4 Å². The Morgan fingerprint density at radius 1 is 1.20 bits per heavy atom. The van der Waals surface area contributed by atoms with Crippen molar-refractivity contribution >= 4 is 5.91 Å². The van der Waals surface area contributed by atoms with E-state index in [0.717, 1.165) is 69.9 Å². The summed E-state index contributed by atoms with van der Waals surface area (Å²) in [6, 6.07) is 0. The van der Waals surface area contributed by atoms with E-state index >= 15 is 0 Å². The van der Waals surface area contributed by atoms with Crippen LogP contribution >= 0.6 is 0 Å². The van der Waals surface area contributed by atoms with E-state index < -0.39 is 0 Å². The Balaban J connectivity index is 1.41. The number of ether oxygens (including phenoxy) is 1. The first kappa shape index (κ1) is 17.0. The van der Waals surface area contributed by atoms with Gasteiger partial charge in [-0.05, 0) is 58.9 Å². The second-order valence-electron chi connectivity index (χ2n) is 7.88. The number of carbonyl (C=O) groups is 1. The van der Waals surface area contributed by atoms with Crippen LogP contribution in [0.2, 0.25) is 0 Å². The monoisotopic (exact) mass is 347 g/mol. The fourth-order valence-electron chi connectivity index (χ4n) is 4.85. The van der Waals surface area contributed by atoms with Crippen LogP contribution in [0.15, 0.2) is 4.52 Å². The van der Waals surface area contributed by atoms with E-state index in [1.54, 1.807) is 0 Å². The van der Waals surface area contributed by atoms with Crippen molar-refractivity contribution in [1.29, 1.82) is 0 Å². The Labute approximate surface area is 149 Å². The molecule has 1 atom stereocenters. The van der Waals surface area contributed by atoms with Crippen molar-refractivity contribution in [2.45, 2.75) is 70.6 Å².